The van der Waals surface area contributed by atoms with Gasteiger partial charge in [0.05, 0.1) is 19.2 Å². The first-order valence-electron chi connectivity index (χ1n) is 9.30. The van der Waals surface area contributed by atoms with Gasteiger partial charge < -0.3 is 19.6 Å². The molecule has 2 heterocycles. The smallest absolute Gasteiger partial charge is 0.259 e. The van der Waals surface area contributed by atoms with Crippen LogP contribution >= 0.6 is 15.9 Å². The number of aliphatic hydroxyl groups is 1. The monoisotopic (exact) mass is 439 g/mol. The van der Waals surface area contributed by atoms with Gasteiger partial charge in [-0.05, 0) is 41.8 Å². The van der Waals surface area contributed by atoms with E-state index in [4.69, 9.17) is 4.74 Å². The molecule has 27 heavy (non-hydrogen) atoms. The largest absolute Gasteiger partial charge is 0.472 e. The molecule has 1 N–H and O–H groups in total. The van der Waals surface area contributed by atoms with Crippen LogP contribution in [-0.2, 0) is 4.79 Å². The minimum atomic E-state index is -0.323. The van der Waals surface area contributed by atoms with Crippen LogP contribution in [0.2, 0.25) is 0 Å². The highest BCUT2D eigenvalue weighted by molar-refractivity contribution is 9.10. The predicted octanol–water partition coefficient (Wildman–Crippen LogP) is 1.93. The van der Waals surface area contributed by atoms with Crippen molar-refractivity contribution in [3.63, 3.8) is 0 Å². The molecule has 0 saturated heterocycles. The van der Waals surface area contributed by atoms with E-state index >= 15 is 0 Å². The number of halogens is 1. The van der Waals surface area contributed by atoms with Crippen LogP contribution in [0.3, 0.4) is 0 Å². The lowest BCUT2D eigenvalue weighted by molar-refractivity contribution is -0.132. The number of carbonyl (C=O) groups is 2. The first-order chi connectivity index (χ1) is 12.8. The summed E-state index contributed by atoms with van der Waals surface area (Å²) in [6.07, 6.45) is 3.21. The number of nitrogens with zero attached hydrogens (tertiary/aromatic N) is 3. The fourth-order valence-electron chi connectivity index (χ4n) is 3.30. The number of hydrogen-bond donors (Lipinski definition) is 1. The van der Waals surface area contributed by atoms with Crippen molar-refractivity contribution in [3.05, 3.63) is 22.3 Å². The van der Waals surface area contributed by atoms with Gasteiger partial charge in [0.1, 0.15) is 11.7 Å². The number of amides is 2. The van der Waals surface area contributed by atoms with Crippen LogP contribution in [0.5, 0.6) is 5.88 Å². The summed E-state index contributed by atoms with van der Waals surface area (Å²) >= 11 is 3.36. The molecule has 3 rings (SSSR count). The quantitative estimate of drug-likeness (QED) is 0.757. The highest BCUT2D eigenvalue weighted by Crippen LogP contribution is 2.32. The molecule has 2 aliphatic rings. The fraction of sp³-hybridized carbons (Fsp3) is 0.632. The molecule has 0 bridgehead atoms. The predicted molar refractivity (Wildman–Crippen MR) is 103 cm³/mol. The molecule has 1 saturated carbocycles. The van der Waals surface area contributed by atoms with E-state index in [1.165, 1.54) is 0 Å². The van der Waals surface area contributed by atoms with Crippen LogP contribution in [0.15, 0.2) is 16.7 Å². The third-order valence-electron chi connectivity index (χ3n) is 5.24. The molecule has 7 nitrogen and oxygen atoms in total. The number of pyridine rings is 1. The highest BCUT2D eigenvalue weighted by Gasteiger charge is 2.37. The maximum atomic E-state index is 13.0. The summed E-state index contributed by atoms with van der Waals surface area (Å²) in [5.41, 5.74) is 0.359. The molecule has 1 aliphatic carbocycles. The molecule has 1 aromatic rings. The van der Waals surface area contributed by atoms with Crippen LogP contribution in [0, 0.1) is 11.8 Å². The number of ether oxygens (including phenoxy) is 1. The van der Waals surface area contributed by atoms with Gasteiger partial charge >= 0.3 is 0 Å². The lowest BCUT2D eigenvalue weighted by atomic mass is 10.00. The summed E-state index contributed by atoms with van der Waals surface area (Å²) in [6, 6.07) is 1.37. The van der Waals surface area contributed by atoms with Crippen molar-refractivity contribution in [1.82, 2.24) is 14.8 Å². The third kappa shape index (κ3) is 4.43. The minimum absolute atomic E-state index is 0.0315. The van der Waals surface area contributed by atoms with E-state index in [9.17, 15) is 14.7 Å². The molecule has 148 valence electrons. The minimum Gasteiger partial charge on any atom is -0.472 e. The normalized spacial score (nSPS) is 23.7. The number of carbonyl (C=O) groups excluding carboxylic acids is 2. The van der Waals surface area contributed by atoms with Crippen LogP contribution in [0.25, 0.3) is 0 Å². The number of likely N-dealkylation sites (N-methyl/N-ethyl adjacent to an activating group) is 1. The average Bonchev–Trinajstić information content (AvgIpc) is 3.49. The van der Waals surface area contributed by atoms with E-state index in [1.807, 2.05) is 13.8 Å². The summed E-state index contributed by atoms with van der Waals surface area (Å²) < 4.78 is 6.80. The van der Waals surface area contributed by atoms with Crippen molar-refractivity contribution in [1.29, 1.82) is 0 Å². The molecule has 3 atom stereocenters. The molecular formula is C19H26BrN3O4. The number of aliphatic hydroxyl groups excluding tert-OH is 1. The fourth-order valence-corrected chi connectivity index (χ4v) is 3.63. The maximum absolute atomic E-state index is 13.0. The van der Waals surface area contributed by atoms with E-state index in [1.54, 1.807) is 29.1 Å². The second-order valence-electron chi connectivity index (χ2n) is 7.62. The number of aromatic nitrogens is 1. The number of hydrogen-bond acceptors (Lipinski definition) is 5. The second kappa shape index (κ2) is 8.14. The van der Waals surface area contributed by atoms with Crippen molar-refractivity contribution < 1.29 is 19.4 Å². The van der Waals surface area contributed by atoms with Crippen molar-refractivity contribution >= 4 is 27.7 Å². The summed E-state index contributed by atoms with van der Waals surface area (Å²) in [6.45, 7) is 4.55. The molecule has 1 aromatic heterocycles. The van der Waals surface area contributed by atoms with E-state index < -0.39 is 0 Å². The zero-order chi connectivity index (χ0) is 19.7. The summed E-state index contributed by atoms with van der Waals surface area (Å²) in [5, 5.41) is 9.60. The first-order valence-corrected chi connectivity index (χ1v) is 10.1. The van der Waals surface area contributed by atoms with Gasteiger partial charge in [0.2, 0.25) is 11.8 Å². The van der Waals surface area contributed by atoms with E-state index in [0.29, 0.717) is 23.1 Å². The number of fused-ring (bicyclic) bond motifs is 1. The molecule has 0 aromatic carbocycles. The van der Waals surface area contributed by atoms with Gasteiger partial charge in [0.15, 0.2) is 0 Å². The van der Waals surface area contributed by atoms with Crippen LogP contribution in [0.1, 0.15) is 37.0 Å². The Kier molecular flexibility index (Phi) is 6.05. The number of rotatable bonds is 5. The average molecular weight is 440 g/mol. The second-order valence-corrected chi connectivity index (χ2v) is 8.54. The van der Waals surface area contributed by atoms with Crippen molar-refractivity contribution in [3.8, 4) is 5.88 Å². The Morgan fingerprint density at radius 1 is 1.52 bits per heavy atom. The van der Waals surface area contributed by atoms with E-state index in [2.05, 4.69) is 20.9 Å². The lowest BCUT2D eigenvalue weighted by Crippen LogP contribution is -2.50. The topological polar surface area (TPSA) is 83.0 Å². The molecule has 1 aliphatic heterocycles. The molecular weight excluding hydrogens is 414 g/mol. The molecule has 0 unspecified atom stereocenters. The Hall–Kier alpha value is -1.67. The van der Waals surface area contributed by atoms with Gasteiger partial charge in [-0.1, -0.05) is 6.92 Å². The van der Waals surface area contributed by atoms with Crippen molar-refractivity contribution in [2.75, 3.05) is 26.7 Å². The van der Waals surface area contributed by atoms with E-state index in [0.717, 1.165) is 12.8 Å². The zero-order valence-corrected chi connectivity index (χ0v) is 17.5. The maximum Gasteiger partial charge on any atom is 0.259 e. The third-order valence-corrected chi connectivity index (χ3v) is 5.68. The summed E-state index contributed by atoms with van der Waals surface area (Å²) in [5.74, 6) is 0.312. The lowest BCUT2D eigenvalue weighted by Gasteiger charge is -2.37. The van der Waals surface area contributed by atoms with Gasteiger partial charge in [-0.2, -0.15) is 0 Å². The van der Waals surface area contributed by atoms with Crippen molar-refractivity contribution in [2.24, 2.45) is 11.8 Å². The molecule has 0 radical (unpaired) electrons. The zero-order valence-electron chi connectivity index (χ0n) is 15.9. The van der Waals surface area contributed by atoms with Crippen LogP contribution in [0.4, 0.5) is 0 Å². The van der Waals surface area contributed by atoms with Crippen molar-refractivity contribution in [2.45, 2.75) is 38.8 Å². The van der Waals surface area contributed by atoms with Gasteiger partial charge in [0.25, 0.3) is 5.91 Å². The summed E-state index contributed by atoms with van der Waals surface area (Å²) in [7, 11) is 1.80. The van der Waals surface area contributed by atoms with Gasteiger partial charge in [-0.3, -0.25) is 9.59 Å². The molecule has 8 heteroatoms. The van der Waals surface area contributed by atoms with Crippen LogP contribution < -0.4 is 4.74 Å². The van der Waals surface area contributed by atoms with Gasteiger partial charge in [-0.25, -0.2) is 4.98 Å². The molecule has 1 fully saturated rings. The van der Waals surface area contributed by atoms with Gasteiger partial charge in [0, 0.05) is 36.1 Å². The van der Waals surface area contributed by atoms with E-state index in [-0.39, 0.29) is 48.3 Å². The summed E-state index contributed by atoms with van der Waals surface area (Å²) in [4.78, 5) is 33.1. The standard InChI is InChI=1S/C19H26BrN3O4/c1-11-8-23(12(2)10-24)19(26)15-6-14(20)7-21-17(15)27-16(11)9-22(3)18(25)13-4-5-13/h6-7,11-13,16,24H,4-5,8-10H2,1-3H3/t11-,12-,16-/m0/s1. The Balaban J connectivity index is 1.90. The highest BCUT2D eigenvalue weighted by atomic mass is 79.9. The van der Waals surface area contributed by atoms with Gasteiger partial charge in [-0.15, -0.1) is 0 Å². The Morgan fingerprint density at radius 3 is 2.85 bits per heavy atom. The Morgan fingerprint density at radius 2 is 2.22 bits per heavy atom. The first kappa shape index (κ1) is 20.1. The Labute approximate surface area is 167 Å². The molecule has 0 spiro atoms. The Bertz CT molecular complexity index is 725. The SMILES string of the molecule is C[C@H]1CN([C@@H](C)CO)C(=O)c2cc(Br)cnc2O[C@H]1CN(C)C(=O)C1CC1. The molecule has 2 amide bonds. The van der Waals surface area contributed by atoms with Crippen LogP contribution in [-0.4, -0.2) is 70.6 Å².